The number of non-ortho nitro benzene ring substituents is 1. The lowest BCUT2D eigenvalue weighted by Gasteiger charge is -2.26. The summed E-state index contributed by atoms with van der Waals surface area (Å²) in [6.45, 7) is 7.52. The van der Waals surface area contributed by atoms with Gasteiger partial charge in [0.2, 0.25) is 0 Å². The summed E-state index contributed by atoms with van der Waals surface area (Å²) < 4.78 is 11.3. The topological polar surface area (TPSA) is 125 Å². The Morgan fingerprint density at radius 3 is 2.63 bits per heavy atom. The molecule has 1 aromatic carbocycles. The maximum absolute atomic E-state index is 11.8. The number of rotatable bonds is 8. The number of nitro benzene ring substituents is 1. The van der Waals surface area contributed by atoms with Crippen LogP contribution in [0.3, 0.4) is 0 Å². The molecule has 0 aliphatic carbocycles. The Balaban J connectivity index is 2.41. The molecular weight excluding hydrogens is 364 g/mol. The first-order valence-corrected chi connectivity index (χ1v) is 9.64. The molecule has 0 fully saturated rings. The lowest BCUT2D eigenvalue weighted by atomic mass is 9.89. The molecule has 0 spiro atoms. The fourth-order valence-electron chi connectivity index (χ4n) is 2.95. The first-order valence-electron chi connectivity index (χ1n) is 8.43. The largest absolute Gasteiger partial charge is 0.398 e. The van der Waals surface area contributed by atoms with Crippen molar-refractivity contribution in [1.82, 2.24) is 4.98 Å². The van der Waals surface area contributed by atoms with E-state index in [0.29, 0.717) is 24.1 Å². The Morgan fingerprint density at radius 2 is 2.07 bits per heavy atom. The summed E-state index contributed by atoms with van der Waals surface area (Å²) in [4.78, 5) is 14.9. The molecule has 144 valence electrons. The minimum absolute atomic E-state index is 0.00998. The van der Waals surface area contributed by atoms with Crippen molar-refractivity contribution in [2.45, 2.75) is 37.4 Å². The van der Waals surface area contributed by atoms with E-state index in [2.05, 4.69) is 11.6 Å². The standard InChI is InChI=1S/C19H24N4O3S/c1-4-5-14(12-19(2,3)27(21)26)18-10-13(8-9-22-18)16-7-6-15(23(24)25)11-17(16)20/h4,6-11,14H,1,5,12,20-21H2,2-3H3/t14-,27?/m1/s1. The zero-order valence-electron chi connectivity index (χ0n) is 15.4. The number of nitro groups is 1. The van der Waals surface area contributed by atoms with Crippen molar-refractivity contribution in [1.29, 1.82) is 0 Å². The van der Waals surface area contributed by atoms with Gasteiger partial charge in [0.25, 0.3) is 5.69 Å². The number of benzene rings is 1. The van der Waals surface area contributed by atoms with Crippen molar-refractivity contribution in [2.24, 2.45) is 5.14 Å². The molecule has 4 N–H and O–H groups in total. The Kier molecular flexibility index (Phi) is 6.45. The van der Waals surface area contributed by atoms with Crippen LogP contribution in [0.1, 0.15) is 38.3 Å². The van der Waals surface area contributed by atoms with Crippen LogP contribution in [0.2, 0.25) is 0 Å². The zero-order chi connectivity index (χ0) is 20.2. The monoisotopic (exact) mass is 388 g/mol. The molecule has 0 amide bonds. The van der Waals surface area contributed by atoms with Gasteiger partial charge in [0, 0.05) is 41.2 Å². The summed E-state index contributed by atoms with van der Waals surface area (Å²) in [7, 11) is -1.47. The van der Waals surface area contributed by atoms with Crippen LogP contribution in [-0.4, -0.2) is 18.9 Å². The fraction of sp³-hybridized carbons (Fsp3) is 0.316. The first kappa shape index (κ1) is 20.7. The van der Waals surface area contributed by atoms with Crippen molar-refractivity contribution >= 4 is 22.4 Å². The lowest BCUT2D eigenvalue weighted by molar-refractivity contribution is -0.384. The minimum atomic E-state index is -1.47. The normalized spacial score (nSPS) is 13.7. The molecule has 0 bridgehead atoms. The van der Waals surface area contributed by atoms with E-state index in [9.17, 15) is 14.3 Å². The van der Waals surface area contributed by atoms with Gasteiger partial charge in [-0.2, -0.15) is 0 Å². The summed E-state index contributed by atoms with van der Waals surface area (Å²) in [5.74, 6) is -0.00998. The van der Waals surface area contributed by atoms with Crippen molar-refractivity contribution < 1.29 is 9.13 Å². The van der Waals surface area contributed by atoms with Gasteiger partial charge in [-0.15, -0.1) is 6.58 Å². The van der Waals surface area contributed by atoms with E-state index in [1.807, 2.05) is 19.9 Å². The molecule has 1 heterocycles. The van der Waals surface area contributed by atoms with E-state index in [4.69, 9.17) is 10.9 Å². The number of nitrogens with two attached hydrogens (primary N) is 2. The number of pyridine rings is 1. The molecule has 2 rings (SSSR count). The third-order valence-corrected chi connectivity index (χ3v) is 5.75. The highest BCUT2D eigenvalue weighted by atomic mass is 32.2. The fourth-order valence-corrected chi connectivity index (χ4v) is 3.32. The molecule has 1 aromatic heterocycles. The second-order valence-electron chi connectivity index (χ2n) is 6.98. The number of nitrogens with zero attached hydrogens (tertiary/aromatic N) is 2. The molecule has 2 aromatic rings. The van der Waals surface area contributed by atoms with E-state index < -0.39 is 20.7 Å². The van der Waals surface area contributed by atoms with E-state index in [-0.39, 0.29) is 11.6 Å². The van der Waals surface area contributed by atoms with Gasteiger partial charge in [-0.25, -0.2) is 4.21 Å². The molecule has 0 saturated heterocycles. The summed E-state index contributed by atoms with van der Waals surface area (Å²) in [5, 5.41) is 16.5. The van der Waals surface area contributed by atoms with Gasteiger partial charge < -0.3 is 5.73 Å². The Morgan fingerprint density at radius 1 is 1.37 bits per heavy atom. The van der Waals surface area contributed by atoms with Gasteiger partial charge >= 0.3 is 0 Å². The SMILES string of the molecule is C=CC[C@H](CC(C)(C)S(N)=O)c1cc(-c2ccc([N+](=O)[O-])cc2N)ccn1. The molecule has 2 atom stereocenters. The Bertz CT molecular complexity index is 883. The van der Waals surface area contributed by atoms with Crippen molar-refractivity contribution in [3.05, 3.63) is 65.0 Å². The van der Waals surface area contributed by atoms with Crippen LogP contribution in [0, 0.1) is 10.1 Å². The molecule has 7 nitrogen and oxygen atoms in total. The number of anilines is 1. The van der Waals surface area contributed by atoms with Crippen LogP contribution >= 0.6 is 0 Å². The minimum Gasteiger partial charge on any atom is -0.398 e. The number of allylic oxidation sites excluding steroid dienone is 1. The zero-order valence-corrected chi connectivity index (χ0v) is 16.2. The van der Waals surface area contributed by atoms with Crippen LogP contribution in [0.15, 0.2) is 49.2 Å². The van der Waals surface area contributed by atoms with Gasteiger partial charge in [-0.3, -0.25) is 20.2 Å². The Hall–Kier alpha value is -2.58. The van der Waals surface area contributed by atoms with Crippen molar-refractivity contribution in [2.75, 3.05) is 5.73 Å². The predicted octanol–water partition coefficient (Wildman–Crippen LogP) is 3.69. The van der Waals surface area contributed by atoms with Crippen LogP contribution in [0.5, 0.6) is 0 Å². The lowest BCUT2D eigenvalue weighted by Crippen LogP contribution is -2.33. The average molecular weight is 388 g/mol. The number of aromatic nitrogens is 1. The third-order valence-electron chi connectivity index (χ3n) is 4.49. The van der Waals surface area contributed by atoms with Crippen LogP contribution in [0.25, 0.3) is 11.1 Å². The highest BCUT2D eigenvalue weighted by molar-refractivity contribution is 7.84. The number of hydrogen-bond acceptors (Lipinski definition) is 5. The van der Waals surface area contributed by atoms with Crippen LogP contribution in [0.4, 0.5) is 11.4 Å². The number of nitrogen functional groups attached to an aromatic ring is 1. The van der Waals surface area contributed by atoms with E-state index in [1.165, 1.54) is 12.1 Å². The quantitative estimate of drug-likeness (QED) is 0.309. The van der Waals surface area contributed by atoms with E-state index >= 15 is 0 Å². The van der Waals surface area contributed by atoms with Crippen LogP contribution < -0.4 is 10.9 Å². The average Bonchev–Trinajstić information content (AvgIpc) is 2.61. The molecular formula is C19H24N4O3S. The third kappa shape index (κ3) is 4.99. The van der Waals surface area contributed by atoms with Gasteiger partial charge in [-0.1, -0.05) is 6.08 Å². The highest BCUT2D eigenvalue weighted by Crippen LogP contribution is 2.34. The summed E-state index contributed by atoms with van der Waals surface area (Å²) in [6.07, 6.45) is 4.71. The molecule has 8 heteroatoms. The van der Waals surface area contributed by atoms with Crippen molar-refractivity contribution in [3.63, 3.8) is 0 Å². The molecule has 27 heavy (non-hydrogen) atoms. The van der Waals surface area contributed by atoms with Gasteiger partial charge in [0.1, 0.15) is 0 Å². The van der Waals surface area contributed by atoms with E-state index in [1.54, 1.807) is 24.4 Å². The molecule has 1 unspecified atom stereocenters. The first-order chi connectivity index (χ1) is 12.7. The van der Waals surface area contributed by atoms with Gasteiger partial charge in [-0.05, 0) is 50.5 Å². The van der Waals surface area contributed by atoms with E-state index in [0.717, 1.165) is 11.3 Å². The summed E-state index contributed by atoms with van der Waals surface area (Å²) >= 11 is 0. The molecule has 0 radical (unpaired) electrons. The van der Waals surface area contributed by atoms with Crippen LogP contribution in [-0.2, 0) is 11.0 Å². The predicted molar refractivity (Wildman–Crippen MR) is 109 cm³/mol. The van der Waals surface area contributed by atoms with Gasteiger partial charge in [0.15, 0.2) is 0 Å². The summed E-state index contributed by atoms with van der Waals surface area (Å²) in [6, 6.07) is 8.11. The second-order valence-corrected chi connectivity index (χ2v) is 8.68. The highest BCUT2D eigenvalue weighted by Gasteiger charge is 2.29. The number of hydrogen-bond donors (Lipinski definition) is 2. The molecule has 0 saturated carbocycles. The smallest absolute Gasteiger partial charge is 0.271 e. The Labute approximate surface area is 161 Å². The van der Waals surface area contributed by atoms with Gasteiger partial charge in [0.05, 0.1) is 20.7 Å². The summed E-state index contributed by atoms with van der Waals surface area (Å²) in [5.41, 5.74) is 8.61. The molecule has 0 aliphatic heterocycles. The maximum atomic E-state index is 11.8. The molecule has 0 aliphatic rings. The van der Waals surface area contributed by atoms with Crippen molar-refractivity contribution in [3.8, 4) is 11.1 Å². The maximum Gasteiger partial charge on any atom is 0.271 e. The second kappa shape index (κ2) is 8.41.